The highest BCUT2D eigenvalue weighted by Crippen LogP contribution is 2.19. The maximum atomic E-state index is 11.9. The number of rotatable bonds is 7. The smallest absolute Gasteiger partial charge is 0.376 e. The van der Waals surface area contributed by atoms with Crippen molar-refractivity contribution in [1.29, 1.82) is 0 Å². The summed E-state index contributed by atoms with van der Waals surface area (Å²) in [5.41, 5.74) is 2.04. The van der Waals surface area contributed by atoms with Crippen LogP contribution >= 0.6 is 0 Å². The largest absolute Gasteiger partial charge is 0.391 e. The zero-order valence-corrected chi connectivity index (χ0v) is 10.4. The lowest BCUT2D eigenvalue weighted by atomic mass is 10.1. The Labute approximate surface area is 105 Å². The molecule has 0 heterocycles. The van der Waals surface area contributed by atoms with Crippen LogP contribution in [0, 0.1) is 0 Å². The van der Waals surface area contributed by atoms with E-state index in [2.05, 4.69) is 5.32 Å². The highest BCUT2D eigenvalue weighted by atomic mass is 19.4. The van der Waals surface area contributed by atoms with Gasteiger partial charge in [0.15, 0.2) is 0 Å². The molecule has 0 radical (unpaired) electrons. The van der Waals surface area contributed by atoms with E-state index in [0.717, 1.165) is 24.2 Å². The lowest BCUT2D eigenvalue weighted by Gasteiger charge is -2.08. The molecule has 0 fully saturated rings. The van der Waals surface area contributed by atoms with Gasteiger partial charge >= 0.3 is 6.18 Å². The Bertz CT molecular complexity index is 335. The third kappa shape index (κ3) is 6.61. The molecule has 0 atom stereocenters. The molecule has 0 unspecified atom stereocenters. The number of hydrogen-bond donors (Lipinski definition) is 1. The van der Waals surface area contributed by atoms with Gasteiger partial charge in [0.25, 0.3) is 0 Å². The van der Waals surface area contributed by atoms with E-state index in [0.29, 0.717) is 0 Å². The summed E-state index contributed by atoms with van der Waals surface area (Å²) in [5.74, 6) is 0. The fourth-order valence-electron chi connectivity index (χ4n) is 1.40. The molecular formula is C13H18F3NO. The van der Waals surface area contributed by atoms with Crippen molar-refractivity contribution in [3.8, 4) is 0 Å². The van der Waals surface area contributed by atoms with Crippen LogP contribution in [0.1, 0.15) is 24.5 Å². The van der Waals surface area contributed by atoms with Gasteiger partial charge in [-0.25, -0.2) is 0 Å². The second-order valence-electron chi connectivity index (χ2n) is 4.01. The third-order valence-electron chi connectivity index (χ3n) is 2.40. The Balaban J connectivity index is 2.26. The monoisotopic (exact) mass is 261 g/mol. The SMILES string of the molecule is CCNCc1ccc(COCCC(F)(F)F)cc1. The second kappa shape index (κ2) is 7.38. The van der Waals surface area contributed by atoms with Crippen molar-refractivity contribution in [2.75, 3.05) is 13.2 Å². The first-order valence-corrected chi connectivity index (χ1v) is 5.94. The van der Waals surface area contributed by atoms with Crippen molar-refractivity contribution < 1.29 is 17.9 Å². The number of hydrogen-bond acceptors (Lipinski definition) is 2. The lowest BCUT2D eigenvalue weighted by Crippen LogP contribution is -2.12. The fraction of sp³-hybridized carbons (Fsp3) is 0.538. The van der Waals surface area contributed by atoms with Crippen LogP contribution in [0.15, 0.2) is 24.3 Å². The van der Waals surface area contributed by atoms with E-state index >= 15 is 0 Å². The van der Waals surface area contributed by atoms with E-state index in [-0.39, 0.29) is 13.2 Å². The van der Waals surface area contributed by atoms with Crippen LogP contribution in [0.25, 0.3) is 0 Å². The van der Waals surface area contributed by atoms with Crippen molar-refractivity contribution in [2.24, 2.45) is 0 Å². The Morgan fingerprint density at radius 2 is 1.72 bits per heavy atom. The van der Waals surface area contributed by atoms with E-state index in [1.165, 1.54) is 0 Å². The molecule has 1 aromatic carbocycles. The predicted molar refractivity (Wildman–Crippen MR) is 64.2 cm³/mol. The van der Waals surface area contributed by atoms with E-state index in [9.17, 15) is 13.2 Å². The minimum absolute atomic E-state index is 0.220. The number of halogens is 3. The lowest BCUT2D eigenvalue weighted by molar-refractivity contribution is -0.146. The molecule has 0 aliphatic rings. The third-order valence-corrected chi connectivity index (χ3v) is 2.40. The average molecular weight is 261 g/mol. The average Bonchev–Trinajstić information content (AvgIpc) is 2.32. The van der Waals surface area contributed by atoms with Crippen LogP contribution in [0.4, 0.5) is 13.2 Å². The normalized spacial score (nSPS) is 11.8. The highest BCUT2D eigenvalue weighted by molar-refractivity contribution is 5.21. The van der Waals surface area contributed by atoms with E-state index < -0.39 is 12.6 Å². The minimum atomic E-state index is -4.14. The van der Waals surface area contributed by atoms with Gasteiger partial charge in [0.2, 0.25) is 0 Å². The molecule has 0 aliphatic heterocycles. The van der Waals surface area contributed by atoms with Gasteiger partial charge in [0, 0.05) is 6.54 Å². The molecule has 0 bridgehead atoms. The van der Waals surface area contributed by atoms with Crippen LogP contribution in [-0.4, -0.2) is 19.3 Å². The zero-order valence-electron chi connectivity index (χ0n) is 10.4. The molecule has 0 spiro atoms. The van der Waals surface area contributed by atoms with Gasteiger partial charge in [-0.15, -0.1) is 0 Å². The highest BCUT2D eigenvalue weighted by Gasteiger charge is 2.26. The summed E-state index contributed by atoms with van der Waals surface area (Å²) in [7, 11) is 0. The summed E-state index contributed by atoms with van der Waals surface area (Å²) in [4.78, 5) is 0. The number of ether oxygens (including phenoxy) is 1. The van der Waals surface area contributed by atoms with Crippen LogP contribution < -0.4 is 5.32 Å². The van der Waals surface area contributed by atoms with E-state index in [4.69, 9.17) is 4.74 Å². The van der Waals surface area contributed by atoms with Crippen molar-refractivity contribution in [2.45, 2.75) is 32.7 Å². The first kappa shape index (κ1) is 15.0. The first-order chi connectivity index (χ1) is 8.51. The molecule has 0 saturated carbocycles. The summed E-state index contributed by atoms with van der Waals surface area (Å²) >= 11 is 0. The first-order valence-electron chi connectivity index (χ1n) is 5.94. The topological polar surface area (TPSA) is 21.3 Å². The van der Waals surface area contributed by atoms with Gasteiger partial charge in [-0.3, -0.25) is 0 Å². The summed E-state index contributed by atoms with van der Waals surface area (Å²) in [6.07, 6.45) is -5.04. The van der Waals surface area contributed by atoms with Gasteiger partial charge in [-0.05, 0) is 17.7 Å². The predicted octanol–water partition coefficient (Wildman–Crippen LogP) is 3.27. The summed E-state index contributed by atoms with van der Waals surface area (Å²) in [5, 5.41) is 3.20. The number of nitrogens with one attached hydrogen (secondary N) is 1. The van der Waals surface area contributed by atoms with Gasteiger partial charge in [0.05, 0.1) is 19.6 Å². The van der Waals surface area contributed by atoms with Crippen LogP contribution in [0.3, 0.4) is 0 Å². The maximum Gasteiger partial charge on any atom is 0.391 e. The Hall–Kier alpha value is -1.07. The van der Waals surface area contributed by atoms with Crippen molar-refractivity contribution in [1.82, 2.24) is 5.32 Å². The Kier molecular flexibility index (Phi) is 6.15. The van der Waals surface area contributed by atoms with E-state index in [1.807, 2.05) is 31.2 Å². The molecule has 1 aromatic rings. The number of benzene rings is 1. The molecule has 2 nitrogen and oxygen atoms in total. The van der Waals surface area contributed by atoms with Crippen LogP contribution in [-0.2, 0) is 17.9 Å². The quantitative estimate of drug-likeness (QED) is 0.761. The molecule has 0 amide bonds. The molecule has 102 valence electrons. The van der Waals surface area contributed by atoms with Crippen molar-refractivity contribution >= 4 is 0 Å². The van der Waals surface area contributed by atoms with Crippen molar-refractivity contribution in [3.63, 3.8) is 0 Å². The standard InChI is InChI=1S/C13H18F3NO/c1-2-17-9-11-3-5-12(6-4-11)10-18-8-7-13(14,15)16/h3-6,17H,2,7-10H2,1H3. The van der Waals surface area contributed by atoms with E-state index in [1.54, 1.807) is 0 Å². The Morgan fingerprint density at radius 3 is 2.28 bits per heavy atom. The van der Waals surface area contributed by atoms with Gasteiger partial charge in [-0.2, -0.15) is 13.2 Å². The zero-order chi connectivity index (χ0) is 13.4. The molecule has 0 aromatic heterocycles. The molecule has 0 aliphatic carbocycles. The minimum Gasteiger partial charge on any atom is -0.376 e. The van der Waals surface area contributed by atoms with Crippen LogP contribution in [0.2, 0.25) is 0 Å². The molecule has 18 heavy (non-hydrogen) atoms. The second-order valence-corrected chi connectivity index (χ2v) is 4.01. The summed E-state index contributed by atoms with van der Waals surface area (Å²) in [6.45, 7) is 3.66. The molecule has 0 saturated heterocycles. The Morgan fingerprint density at radius 1 is 1.11 bits per heavy atom. The van der Waals surface area contributed by atoms with Gasteiger partial charge in [-0.1, -0.05) is 31.2 Å². The molecule has 5 heteroatoms. The number of alkyl halides is 3. The van der Waals surface area contributed by atoms with Gasteiger partial charge in [0.1, 0.15) is 0 Å². The maximum absolute atomic E-state index is 11.9. The molecular weight excluding hydrogens is 243 g/mol. The van der Waals surface area contributed by atoms with Gasteiger partial charge < -0.3 is 10.1 Å². The summed E-state index contributed by atoms with van der Waals surface area (Å²) < 4.78 is 40.6. The molecule has 1 N–H and O–H groups in total. The van der Waals surface area contributed by atoms with Crippen molar-refractivity contribution in [3.05, 3.63) is 35.4 Å². The van der Waals surface area contributed by atoms with Crippen LogP contribution in [0.5, 0.6) is 0 Å². The fourth-order valence-corrected chi connectivity index (χ4v) is 1.40. The summed E-state index contributed by atoms with van der Waals surface area (Å²) in [6, 6.07) is 7.65. The molecule has 1 rings (SSSR count).